The van der Waals surface area contributed by atoms with Crippen LogP contribution in [0.4, 0.5) is 0 Å². The van der Waals surface area contributed by atoms with E-state index >= 15 is 0 Å². The Balaban J connectivity index is 2.39. The summed E-state index contributed by atoms with van der Waals surface area (Å²) in [7, 11) is 0. The second-order valence-electron chi connectivity index (χ2n) is 9.53. The number of rotatable bonds is 10. The molecule has 0 spiro atoms. The van der Waals surface area contributed by atoms with Gasteiger partial charge in [0.2, 0.25) is 0 Å². The smallest absolute Gasteiger partial charge is 0.0199 e. The van der Waals surface area contributed by atoms with E-state index in [1.807, 2.05) is 12.2 Å². The topological polar surface area (TPSA) is 12.0 Å². The minimum absolute atomic E-state index is 0.176. The molecule has 0 saturated heterocycles. The number of benzene rings is 1. The lowest BCUT2D eigenvalue weighted by molar-refractivity contribution is 0.362. The van der Waals surface area contributed by atoms with Gasteiger partial charge in [0.15, 0.2) is 0 Å². The van der Waals surface area contributed by atoms with Crippen molar-refractivity contribution in [3.63, 3.8) is 0 Å². The Morgan fingerprint density at radius 2 is 1.73 bits per heavy atom. The molecule has 0 aliphatic heterocycles. The van der Waals surface area contributed by atoms with Crippen LogP contribution in [0, 0.1) is 11.3 Å². The normalized spacial score (nSPS) is 19.2. The van der Waals surface area contributed by atoms with Crippen LogP contribution in [0.2, 0.25) is 0 Å². The van der Waals surface area contributed by atoms with Crippen LogP contribution in [0.1, 0.15) is 59.9 Å². The van der Waals surface area contributed by atoms with E-state index in [4.69, 9.17) is 0 Å². The Kier molecular flexibility index (Phi) is 9.73. The predicted molar refractivity (Wildman–Crippen MR) is 148 cm³/mol. The van der Waals surface area contributed by atoms with E-state index in [1.54, 1.807) is 6.08 Å². The first-order valence-corrected chi connectivity index (χ1v) is 11.9. The van der Waals surface area contributed by atoms with Crippen LogP contribution in [0.25, 0.3) is 5.57 Å². The molecular weight excluding hydrogens is 398 g/mol. The second-order valence-corrected chi connectivity index (χ2v) is 9.53. The number of nitrogens with one attached hydrogen (secondary N) is 1. The minimum atomic E-state index is 0.176. The molecule has 1 aliphatic rings. The van der Waals surface area contributed by atoms with Crippen molar-refractivity contribution >= 4 is 5.57 Å². The van der Waals surface area contributed by atoms with Gasteiger partial charge in [0.05, 0.1) is 0 Å². The van der Waals surface area contributed by atoms with Gasteiger partial charge in [0.1, 0.15) is 0 Å². The molecule has 1 nitrogen and oxygen atoms in total. The van der Waals surface area contributed by atoms with Crippen LogP contribution in [0.3, 0.4) is 0 Å². The maximum absolute atomic E-state index is 4.30. The summed E-state index contributed by atoms with van der Waals surface area (Å²) in [4.78, 5) is 0. The molecule has 0 fully saturated rings. The third-order valence-corrected chi connectivity index (χ3v) is 6.39. The maximum Gasteiger partial charge on any atom is 0.0199 e. The van der Waals surface area contributed by atoms with Crippen LogP contribution >= 0.6 is 0 Å². The summed E-state index contributed by atoms with van der Waals surface area (Å²) >= 11 is 0. The number of allylic oxidation sites excluding steroid dienone is 14. The van der Waals surface area contributed by atoms with Crippen LogP contribution in [-0.2, 0) is 0 Å². The summed E-state index contributed by atoms with van der Waals surface area (Å²) < 4.78 is 0. The molecule has 1 heteroatoms. The molecule has 1 aromatic rings. The molecule has 0 bridgehead atoms. The summed E-state index contributed by atoms with van der Waals surface area (Å²) in [6.45, 7) is 21.3. The fraction of sp³-hybridized carbons (Fsp3) is 0.312. The zero-order valence-corrected chi connectivity index (χ0v) is 21.4. The Morgan fingerprint density at radius 3 is 2.33 bits per heavy atom. The molecule has 1 aliphatic carbocycles. The van der Waals surface area contributed by atoms with Gasteiger partial charge in [-0.15, -0.1) is 0 Å². The van der Waals surface area contributed by atoms with Crippen molar-refractivity contribution in [2.24, 2.45) is 11.3 Å². The molecule has 0 radical (unpaired) electrons. The third-order valence-electron chi connectivity index (χ3n) is 6.39. The van der Waals surface area contributed by atoms with E-state index in [-0.39, 0.29) is 5.41 Å². The van der Waals surface area contributed by atoms with Crippen LogP contribution in [0.5, 0.6) is 0 Å². The molecule has 0 saturated carbocycles. The molecule has 174 valence electrons. The summed E-state index contributed by atoms with van der Waals surface area (Å²) in [5, 5.41) is 3.73. The first-order chi connectivity index (χ1) is 15.7. The average Bonchev–Trinajstić information content (AvgIpc) is 2.76. The molecule has 33 heavy (non-hydrogen) atoms. The molecule has 1 N–H and O–H groups in total. The largest absolute Gasteiger partial charge is 0.362 e. The van der Waals surface area contributed by atoms with E-state index in [0.29, 0.717) is 5.92 Å². The Morgan fingerprint density at radius 1 is 1.03 bits per heavy atom. The van der Waals surface area contributed by atoms with Gasteiger partial charge in [0, 0.05) is 17.0 Å². The predicted octanol–water partition coefficient (Wildman–Crippen LogP) is 9.09. The molecule has 0 amide bonds. The summed E-state index contributed by atoms with van der Waals surface area (Å²) in [6.07, 6.45) is 19.0. The molecular formula is C32H41N. The first-order valence-electron chi connectivity index (χ1n) is 11.9. The molecule has 0 heterocycles. The molecule has 2 rings (SSSR count). The first kappa shape index (κ1) is 26.2. The van der Waals surface area contributed by atoms with Crippen molar-refractivity contribution in [2.45, 2.75) is 54.4 Å². The van der Waals surface area contributed by atoms with Crippen LogP contribution < -0.4 is 5.32 Å². The highest BCUT2D eigenvalue weighted by Crippen LogP contribution is 2.37. The van der Waals surface area contributed by atoms with Gasteiger partial charge in [-0.2, -0.15) is 0 Å². The van der Waals surface area contributed by atoms with E-state index in [1.165, 1.54) is 28.0 Å². The van der Waals surface area contributed by atoms with Gasteiger partial charge in [-0.3, -0.25) is 0 Å². The van der Waals surface area contributed by atoms with Crippen molar-refractivity contribution in [2.75, 3.05) is 0 Å². The third kappa shape index (κ3) is 7.49. The molecule has 1 unspecified atom stereocenters. The second kappa shape index (κ2) is 12.3. The molecule has 0 aromatic heterocycles. The summed E-state index contributed by atoms with van der Waals surface area (Å²) in [5.74, 6) is 0.470. The van der Waals surface area contributed by atoms with Gasteiger partial charge >= 0.3 is 0 Å². The van der Waals surface area contributed by atoms with Crippen molar-refractivity contribution < 1.29 is 0 Å². The van der Waals surface area contributed by atoms with Gasteiger partial charge < -0.3 is 5.32 Å². The van der Waals surface area contributed by atoms with Gasteiger partial charge in [-0.25, -0.2) is 0 Å². The van der Waals surface area contributed by atoms with Gasteiger partial charge in [-0.1, -0.05) is 113 Å². The Labute approximate surface area is 202 Å². The summed E-state index contributed by atoms with van der Waals surface area (Å²) in [6, 6.07) is 10.7. The fourth-order valence-corrected chi connectivity index (χ4v) is 4.10. The molecule has 1 aromatic carbocycles. The van der Waals surface area contributed by atoms with E-state index in [9.17, 15) is 0 Å². The lowest BCUT2D eigenvalue weighted by Crippen LogP contribution is -2.21. The Bertz CT molecular complexity index is 1020. The van der Waals surface area contributed by atoms with Crippen LogP contribution in [-0.4, -0.2) is 0 Å². The maximum atomic E-state index is 4.30. The monoisotopic (exact) mass is 439 g/mol. The van der Waals surface area contributed by atoms with Crippen molar-refractivity contribution in [3.05, 3.63) is 126 Å². The van der Waals surface area contributed by atoms with E-state index in [0.717, 1.165) is 24.1 Å². The minimum Gasteiger partial charge on any atom is -0.362 e. The van der Waals surface area contributed by atoms with Gasteiger partial charge in [0.25, 0.3) is 0 Å². The Hall–Kier alpha value is -3.06. The van der Waals surface area contributed by atoms with Crippen molar-refractivity contribution in [3.8, 4) is 0 Å². The fourth-order valence-electron chi connectivity index (χ4n) is 4.10. The zero-order chi connectivity index (χ0) is 24.4. The lowest BCUT2D eigenvalue weighted by atomic mass is 9.74. The standard InChI is InChI=1S/C32H41N/c1-9-10-11-12-13-17-20-30(28-18-15-14-16-19-28)26(5)33-27(6)31(24(2)3)29-21-22-32(7,8)25(4)23-29/h9-16,18-19,21-23,25,33H,1-2,17,20H2,3-8H3/b11-10-,13-12-,30-26-,31-27+. The SMILES string of the molecule is C=C/C=C\C=C/CC/C(=C(\C)N/C(C)=C(\C(=C)C)C1=CC(C)C(C)(C)C=C1)c1ccccc1. The summed E-state index contributed by atoms with van der Waals surface area (Å²) in [5.41, 5.74) is 8.62. The highest BCUT2D eigenvalue weighted by Gasteiger charge is 2.25. The van der Waals surface area contributed by atoms with E-state index in [2.05, 4.69) is 121 Å². The highest BCUT2D eigenvalue weighted by molar-refractivity contribution is 5.68. The number of hydrogen-bond acceptors (Lipinski definition) is 1. The number of hydrogen-bond donors (Lipinski definition) is 1. The zero-order valence-electron chi connectivity index (χ0n) is 21.4. The van der Waals surface area contributed by atoms with Crippen LogP contribution in [0.15, 0.2) is 120 Å². The van der Waals surface area contributed by atoms with Gasteiger partial charge in [-0.05, 0) is 67.2 Å². The van der Waals surface area contributed by atoms with Crippen molar-refractivity contribution in [1.82, 2.24) is 5.32 Å². The lowest BCUT2D eigenvalue weighted by Gasteiger charge is -2.31. The molecule has 1 atom stereocenters. The highest BCUT2D eigenvalue weighted by atomic mass is 14.9. The van der Waals surface area contributed by atoms with Crippen molar-refractivity contribution in [1.29, 1.82) is 0 Å². The average molecular weight is 440 g/mol. The van der Waals surface area contributed by atoms with E-state index < -0.39 is 0 Å². The quantitative estimate of drug-likeness (QED) is 0.358.